The maximum absolute atomic E-state index is 12.3. The molecule has 0 aliphatic rings. The lowest BCUT2D eigenvalue weighted by atomic mass is 10.0. The van der Waals surface area contributed by atoms with Crippen molar-refractivity contribution in [2.45, 2.75) is 187 Å². The van der Waals surface area contributed by atoms with Gasteiger partial charge in [-0.15, -0.1) is 0 Å². The van der Waals surface area contributed by atoms with E-state index in [2.05, 4.69) is 54.8 Å². The fraction of sp³-hybridized carbons (Fsp3) is 0.756. The van der Waals surface area contributed by atoms with Crippen LogP contribution in [0.25, 0.3) is 0 Å². The third-order valence-electron chi connectivity index (χ3n) is 8.34. The number of phosphoric ester groups is 1. The summed E-state index contributed by atoms with van der Waals surface area (Å²) in [5.41, 5.74) is 0. The average Bonchev–Trinajstić information content (AvgIpc) is 3.08. The van der Waals surface area contributed by atoms with Gasteiger partial charge in [0, 0.05) is 12.8 Å². The van der Waals surface area contributed by atoms with Crippen LogP contribution < -0.4 is 9.79 Å². The number of hydrogen-bond acceptors (Lipinski definition) is 8. The van der Waals surface area contributed by atoms with Gasteiger partial charge in [-0.2, -0.15) is 0 Å². The second-order valence-corrected chi connectivity index (χ2v) is 14.4. The number of ether oxygens (including phenoxy) is 2. The smallest absolute Gasteiger partial charge is 0.306 e. The molecule has 0 aliphatic heterocycles. The Morgan fingerprint density at radius 2 is 0.920 bits per heavy atom. The predicted molar refractivity (Wildman–Crippen MR) is 202 cm³/mol. The van der Waals surface area contributed by atoms with E-state index in [1.54, 1.807) is 0 Å². The van der Waals surface area contributed by atoms with Crippen LogP contribution in [-0.2, 0) is 28.2 Å². The fourth-order valence-electron chi connectivity index (χ4n) is 5.36. The quantitative estimate of drug-likeness (QED) is 0.0271. The fourth-order valence-corrected chi connectivity index (χ4v) is 5.71. The highest BCUT2D eigenvalue weighted by molar-refractivity contribution is 7.43. The maximum Gasteiger partial charge on any atom is 0.306 e. The van der Waals surface area contributed by atoms with Gasteiger partial charge in [0.15, 0.2) is 6.10 Å². The normalized spacial score (nSPS) is 13.0. The Hall–Kier alpha value is -1.99. The maximum atomic E-state index is 12.3. The van der Waals surface area contributed by atoms with Crippen LogP contribution in [0.3, 0.4) is 0 Å². The first-order valence-corrected chi connectivity index (χ1v) is 21.4. The van der Waals surface area contributed by atoms with E-state index in [1.807, 2.05) is 12.2 Å². The zero-order chi connectivity index (χ0) is 36.8. The lowest BCUT2D eigenvalue weighted by Gasteiger charge is -2.30. The number of rotatable bonds is 36. The first-order chi connectivity index (χ1) is 24.3. The third kappa shape index (κ3) is 38.8. The molecule has 0 saturated heterocycles. The second-order valence-electron chi connectivity index (χ2n) is 13.2. The van der Waals surface area contributed by atoms with Gasteiger partial charge in [-0.1, -0.05) is 165 Å². The molecule has 0 bridgehead atoms. The zero-order valence-corrected chi connectivity index (χ0v) is 32.6. The van der Waals surface area contributed by atoms with Crippen LogP contribution in [0.4, 0.5) is 0 Å². The summed E-state index contributed by atoms with van der Waals surface area (Å²) in [6.07, 6.45) is 43.6. The molecule has 0 N–H and O–H groups in total. The Kier molecular flexibility index (Phi) is 35.3. The summed E-state index contributed by atoms with van der Waals surface area (Å²) >= 11 is 0. The van der Waals surface area contributed by atoms with Gasteiger partial charge < -0.3 is 28.3 Å². The molecular formula is C41H71O8P-2. The van der Waals surface area contributed by atoms with Gasteiger partial charge >= 0.3 is 11.9 Å². The molecule has 1 atom stereocenters. The van der Waals surface area contributed by atoms with Crippen molar-refractivity contribution >= 4 is 19.8 Å². The molecule has 0 radical (unpaired) electrons. The minimum Gasteiger partial charge on any atom is -0.790 e. The van der Waals surface area contributed by atoms with Crippen molar-refractivity contribution in [1.82, 2.24) is 0 Å². The van der Waals surface area contributed by atoms with Crippen molar-refractivity contribution in [3.05, 3.63) is 48.6 Å². The molecule has 0 aromatic rings. The Morgan fingerprint density at radius 3 is 1.40 bits per heavy atom. The predicted octanol–water partition coefficient (Wildman–Crippen LogP) is 10.7. The summed E-state index contributed by atoms with van der Waals surface area (Å²) in [5, 5.41) is 0. The Labute approximate surface area is 305 Å². The molecule has 9 heteroatoms. The number of allylic oxidation sites excluding steroid dienone is 8. The lowest BCUT2D eigenvalue weighted by Crippen LogP contribution is -2.31. The van der Waals surface area contributed by atoms with Gasteiger partial charge in [0.25, 0.3) is 0 Å². The van der Waals surface area contributed by atoms with Crippen LogP contribution in [0.15, 0.2) is 48.6 Å². The monoisotopic (exact) mass is 722 g/mol. The summed E-state index contributed by atoms with van der Waals surface area (Å²) < 4.78 is 25.7. The number of carbonyl (C=O) groups excluding carboxylic acids is 2. The Morgan fingerprint density at radius 1 is 0.520 bits per heavy atom. The highest BCUT2D eigenvalue weighted by Gasteiger charge is 2.18. The summed E-state index contributed by atoms with van der Waals surface area (Å²) in [7, 11) is -5.27. The van der Waals surface area contributed by atoms with Crippen molar-refractivity contribution in [2.75, 3.05) is 13.2 Å². The van der Waals surface area contributed by atoms with E-state index >= 15 is 0 Å². The van der Waals surface area contributed by atoms with Crippen molar-refractivity contribution in [3.8, 4) is 0 Å². The second kappa shape index (κ2) is 36.8. The van der Waals surface area contributed by atoms with E-state index < -0.39 is 32.5 Å². The van der Waals surface area contributed by atoms with E-state index in [9.17, 15) is 23.9 Å². The van der Waals surface area contributed by atoms with Crippen LogP contribution in [0, 0.1) is 0 Å². The molecule has 0 spiro atoms. The van der Waals surface area contributed by atoms with Crippen molar-refractivity contribution in [3.63, 3.8) is 0 Å². The van der Waals surface area contributed by atoms with Crippen LogP contribution in [0.2, 0.25) is 0 Å². The molecule has 290 valence electrons. The summed E-state index contributed by atoms with van der Waals surface area (Å²) in [4.78, 5) is 46.5. The summed E-state index contributed by atoms with van der Waals surface area (Å²) in [6.45, 7) is 3.42. The van der Waals surface area contributed by atoms with E-state index in [4.69, 9.17) is 9.47 Å². The molecule has 8 nitrogen and oxygen atoms in total. The molecule has 0 aromatic carbocycles. The SMILES string of the molecule is CCCCC/C=C\C/C=C\C/C=C\C/C=C\CCCC(=O)O[C@H](COC(=O)CCCCCCCCCCCCCCCCC)COP(=O)([O-])[O-]. The molecular weight excluding hydrogens is 651 g/mol. The lowest BCUT2D eigenvalue weighted by molar-refractivity contribution is -0.343. The van der Waals surface area contributed by atoms with E-state index in [-0.39, 0.29) is 19.4 Å². The van der Waals surface area contributed by atoms with Gasteiger partial charge in [0.2, 0.25) is 0 Å². The first kappa shape index (κ1) is 48.0. The number of esters is 2. The van der Waals surface area contributed by atoms with Crippen molar-refractivity contribution < 1.29 is 37.9 Å². The van der Waals surface area contributed by atoms with Crippen molar-refractivity contribution in [1.29, 1.82) is 0 Å². The van der Waals surface area contributed by atoms with Gasteiger partial charge in [0.05, 0.1) is 14.4 Å². The van der Waals surface area contributed by atoms with Crippen LogP contribution in [0.5, 0.6) is 0 Å². The molecule has 0 amide bonds. The molecule has 0 aliphatic carbocycles. The number of phosphoric acid groups is 1. The van der Waals surface area contributed by atoms with E-state index in [0.29, 0.717) is 19.3 Å². The minimum atomic E-state index is -5.27. The summed E-state index contributed by atoms with van der Waals surface area (Å²) in [5.74, 6) is -1.02. The van der Waals surface area contributed by atoms with E-state index in [1.165, 1.54) is 89.9 Å². The third-order valence-corrected chi connectivity index (χ3v) is 8.81. The molecule has 0 fully saturated rings. The molecule has 0 heterocycles. The first-order valence-electron chi connectivity index (χ1n) is 19.9. The van der Waals surface area contributed by atoms with Gasteiger partial charge in [0.1, 0.15) is 6.61 Å². The molecule has 0 unspecified atom stereocenters. The topological polar surface area (TPSA) is 125 Å². The van der Waals surface area contributed by atoms with Gasteiger partial charge in [-0.05, 0) is 51.4 Å². The van der Waals surface area contributed by atoms with Gasteiger partial charge in [-0.25, -0.2) is 0 Å². The number of hydrogen-bond donors (Lipinski definition) is 0. The minimum absolute atomic E-state index is 0.105. The standard InChI is InChI=1S/C41H73O8P/c1-3-5-7-9-11-13-15-17-19-20-22-24-26-28-30-32-34-36-41(43)49-39(38-48-50(44,45)46)37-47-40(42)35-33-31-29-27-25-23-21-18-16-14-12-10-8-6-4-2/h11,13,17,19,22,24,28,30,39H,3-10,12,14-16,18,20-21,23,25-27,29,31-38H2,1-2H3,(H2,44,45,46)/p-2/b13-11-,19-17-,24-22-,30-28-/t39-/m1/s1. The Balaban J connectivity index is 4.04. The van der Waals surface area contributed by atoms with Crippen molar-refractivity contribution in [2.24, 2.45) is 0 Å². The average molecular weight is 723 g/mol. The zero-order valence-electron chi connectivity index (χ0n) is 31.7. The van der Waals surface area contributed by atoms with Crippen LogP contribution in [0.1, 0.15) is 181 Å². The van der Waals surface area contributed by atoms with Crippen LogP contribution >= 0.6 is 7.82 Å². The Bertz CT molecular complexity index is 952. The van der Waals surface area contributed by atoms with Gasteiger partial charge in [-0.3, -0.25) is 9.59 Å². The molecule has 0 aromatic heterocycles. The molecule has 0 saturated carbocycles. The number of carbonyl (C=O) groups is 2. The highest BCUT2D eigenvalue weighted by atomic mass is 31.2. The molecule has 0 rings (SSSR count). The van der Waals surface area contributed by atoms with Crippen LogP contribution in [-0.4, -0.2) is 31.3 Å². The largest absolute Gasteiger partial charge is 0.790 e. The molecule has 50 heavy (non-hydrogen) atoms. The highest BCUT2D eigenvalue weighted by Crippen LogP contribution is 2.25. The number of unbranched alkanes of at least 4 members (excludes halogenated alkanes) is 18. The summed E-state index contributed by atoms with van der Waals surface area (Å²) in [6, 6.07) is 0. The van der Waals surface area contributed by atoms with E-state index in [0.717, 1.165) is 44.9 Å².